The molecule has 3 rings (SSSR count). The number of carbonyl (C=O) groups excluding carboxylic acids is 1. The Labute approximate surface area is 116 Å². The van der Waals surface area contributed by atoms with Crippen molar-refractivity contribution in [1.29, 1.82) is 0 Å². The van der Waals surface area contributed by atoms with Crippen LogP contribution in [0, 0.1) is 5.92 Å². The van der Waals surface area contributed by atoms with Crippen molar-refractivity contribution >= 4 is 11.7 Å². The summed E-state index contributed by atoms with van der Waals surface area (Å²) in [6.45, 7) is 0. The van der Waals surface area contributed by atoms with Crippen molar-refractivity contribution in [3.05, 3.63) is 43.3 Å². The highest BCUT2D eigenvalue weighted by Crippen LogP contribution is 2.20. The minimum atomic E-state index is 0.0182. The zero-order valence-corrected chi connectivity index (χ0v) is 10.9. The van der Waals surface area contributed by atoms with Crippen LogP contribution < -0.4 is 5.32 Å². The van der Waals surface area contributed by atoms with E-state index in [1.807, 2.05) is 0 Å². The van der Waals surface area contributed by atoms with Crippen LogP contribution in [0.4, 0.5) is 5.82 Å². The van der Waals surface area contributed by atoms with E-state index in [0.717, 1.165) is 19.3 Å². The van der Waals surface area contributed by atoms with Gasteiger partial charge in [-0.2, -0.15) is 0 Å². The average Bonchev–Trinajstić information content (AvgIpc) is 3.03. The minimum absolute atomic E-state index is 0.0182. The summed E-state index contributed by atoms with van der Waals surface area (Å²) >= 11 is 0. The third-order valence-electron chi connectivity index (χ3n) is 3.31. The highest BCUT2D eigenvalue weighted by Gasteiger charge is 2.19. The van der Waals surface area contributed by atoms with Gasteiger partial charge < -0.3 is 5.32 Å². The molecule has 2 aromatic rings. The van der Waals surface area contributed by atoms with Crippen molar-refractivity contribution in [2.75, 3.05) is 5.32 Å². The van der Waals surface area contributed by atoms with Crippen molar-refractivity contribution in [1.82, 2.24) is 19.5 Å². The molecule has 0 aromatic carbocycles. The highest BCUT2D eigenvalue weighted by atomic mass is 16.1. The van der Waals surface area contributed by atoms with Gasteiger partial charge in [-0.15, -0.1) is 0 Å². The predicted octanol–water partition coefficient (Wildman–Crippen LogP) is 1.96. The summed E-state index contributed by atoms with van der Waals surface area (Å²) in [7, 11) is 0. The fourth-order valence-electron chi connectivity index (χ4n) is 2.21. The minimum Gasteiger partial charge on any atom is -0.310 e. The van der Waals surface area contributed by atoms with Gasteiger partial charge in [-0.25, -0.2) is 15.0 Å². The summed E-state index contributed by atoms with van der Waals surface area (Å²) in [4.78, 5) is 24.4. The highest BCUT2D eigenvalue weighted by molar-refractivity contribution is 5.92. The third kappa shape index (κ3) is 2.74. The van der Waals surface area contributed by atoms with Crippen LogP contribution in [0.15, 0.2) is 43.3 Å². The number of allylic oxidation sites excluding steroid dienone is 2. The topological polar surface area (TPSA) is 72.7 Å². The van der Waals surface area contributed by atoms with E-state index in [9.17, 15) is 4.79 Å². The molecule has 6 heteroatoms. The Bertz CT molecular complexity index is 620. The number of hydrogen-bond donors (Lipinski definition) is 1. The molecule has 0 saturated carbocycles. The van der Waals surface area contributed by atoms with Gasteiger partial charge in [0.15, 0.2) is 0 Å². The Kier molecular flexibility index (Phi) is 3.54. The summed E-state index contributed by atoms with van der Waals surface area (Å²) in [5.41, 5.74) is 0. The monoisotopic (exact) mass is 269 g/mol. The van der Waals surface area contributed by atoms with E-state index in [-0.39, 0.29) is 11.8 Å². The van der Waals surface area contributed by atoms with E-state index in [0.29, 0.717) is 11.6 Å². The lowest BCUT2D eigenvalue weighted by Crippen LogP contribution is -2.24. The number of imidazole rings is 1. The summed E-state index contributed by atoms with van der Waals surface area (Å²) < 4.78 is 1.76. The zero-order chi connectivity index (χ0) is 13.8. The van der Waals surface area contributed by atoms with Crippen molar-refractivity contribution in [3.8, 4) is 5.82 Å². The second-order valence-electron chi connectivity index (χ2n) is 4.70. The number of rotatable bonds is 3. The van der Waals surface area contributed by atoms with Gasteiger partial charge in [0.25, 0.3) is 0 Å². The molecule has 1 atom stereocenters. The number of hydrogen-bond acceptors (Lipinski definition) is 4. The molecule has 2 aromatic heterocycles. The number of nitrogens with one attached hydrogen (secondary N) is 1. The number of anilines is 1. The molecule has 102 valence electrons. The SMILES string of the molecule is O=C(Nc1cc(-n2ccnc2)ncn1)C1CC=CCC1. The van der Waals surface area contributed by atoms with Crippen molar-refractivity contribution in [2.24, 2.45) is 5.92 Å². The van der Waals surface area contributed by atoms with Gasteiger partial charge in [0, 0.05) is 24.4 Å². The molecule has 6 nitrogen and oxygen atoms in total. The zero-order valence-electron chi connectivity index (χ0n) is 10.9. The van der Waals surface area contributed by atoms with Crippen LogP contribution in [0.3, 0.4) is 0 Å². The Morgan fingerprint density at radius 1 is 1.35 bits per heavy atom. The largest absolute Gasteiger partial charge is 0.310 e. The maximum atomic E-state index is 12.1. The average molecular weight is 269 g/mol. The van der Waals surface area contributed by atoms with E-state index in [1.54, 1.807) is 29.4 Å². The smallest absolute Gasteiger partial charge is 0.228 e. The first-order valence-electron chi connectivity index (χ1n) is 6.59. The normalized spacial score (nSPS) is 17.9. The van der Waals surface area contributed by atoms with E-state index in [4.69, 9.17) is 0 Å². The van der Waals surface area contributed by atoms with Crippen LogP contribution in [0.2, 0.25) is 0 Å². The molecule has 1 aliphatic carbocycles. The molecule has 1 N–H and O–H groups in total. The first-order valence-corrected chi connectivity index (χ1v) is 6.59. The van der Waals surface area contributed by atoms with Gasteiger partial charge in [-0.3, -0.25) is 9.36 Å². The van der Waals surface area contributed by atoms with Gasteiger partial charge in [-0.1, -0.05) is 12.2 Å². The van der Waals surface area contributed by atoms with E-state index >= 15 is 0 Å². The van der Waals surface area contributed by atoms with Crippen LogP contribution in [0.1, 0.15) is 19.3 Å². The summed E-state index contributed by atoms with van der Waals surface area (Å²) in [5.74, 6) is 1.25. The number of aromatic nitrogens is 4. The standard InChI is InChI=1S/C14H15N5O/c20-14(11-4-2-1-3-5-11)18-12-8-13(17-9-16-12)19-7-6-15-10-19/h1-2,6-11H,3-5H2,(H,16,17,18,20). The Morgan fingerprint density at radius 2 is 2.30 bits per heavy atom. The van der Waals surface area contributed by atoms with Crippen LogP contribution in [-0.4, -0.2) is 25.4 Å². The van der Waals surface area contributed by atoms with E-state index < -0.39 is 0 Å². The van der Waals surface area contributed by atoms with Crippen molar-refractivity contribution in [2.45, 2.75) is 19.3 Å². The summed E-state index contributed by atoms with van der Waals surface area (Å²) in [6, 6.07) is 1.73. The summed E-state index contributed by atoms with van der Waals surface area (Å²) in [6.07, 6.45) is 13.4. The molecule has 1 amide bonds. The molecule has 0 radical (unpaired) electrons. The van der Waals surface area contributed by atoms with Gasteiger partial charge in [0.05, 0.1) is 0 Å². The van der Waals surface area contributed by atoms with E-state index in [2.05, 4.69) is 32.4 Å². The molecular formula is C14H15N5O. The number of carbonyl (C=O) groups is 1. The van der Waals surface area contributed by atoms with Crippen LogP contribution in [0.25, 0.3) is 5.82 Å². The Morgan fingerprint density at radius 3 is 3.05 bits per heavy atom. The first kappa shape index (κ1) is 12.5. The van der Waals surface area contributed by atoms with Crippen LogP contribution in [0.5, 0.6) is 0 Å². The molecule has 0 aliphatic heterocycles. The maximum Gasteiger partial charge on any atom is 0.228 e. The Balaban J connectivity index is 1.73. The fraction of sp³-hybridized carbons (Fsp3) is 0.286. The molecular weight excluding hydrogens is 254 g/mol. The molecule has 20 heavy (non-hydrogen) atoms. The fourth-order valence-corrected chi connectivity index (χ4v) is 2.21. The van der Waals surface area contributed by atoms with E-state index in [1.165, 1.54) is 6.33 Å². The molecule has 0 fully saturated rings. The van der Waals surface area contributed by atoms with Gasteiger partial charge in [0.2, 0.25) is 5.91 Å². The second-order valence-corrected chi connectivity index (χ2v) is 4.70. The number of nitrogens with zero attached hydrogens (tertiary/aromatic N) is 4. The molecule has 0 bridgehead atoms. The third-order valence-corrected chi connectivity index (χ3v) is 3.31. The molecule has 0 spiro atoms. The lowest BCUT2D eigenvalue weighted by atomic mass is 9.94. The molecule has 0 saturated heterocycles. The lowest BCUT2D eigenvalue weighted by Gasteiger charge is -2.16. The van der Waals surface area contributed by atoms with Crippen LogP contribution >= 0.6 is 0 Å². The van der Waals surface area contributed by atoms with Crippen molar-refractivity contribution < 1.29 is 4.79 Å². The van der Waals surface area contributed by atoms with Crippen molar-refractivity contribution in [3.63, 3.8) is 0 Å². The Hall–Kier alpha value is -2.50. The summed E-state index contributed by atoms with van der Waals surface area (Å²) in [5, 5.41) is 2.86. The quantitative estimate of drug-likeness (QED) is 0.864. The van der Waals surface area contributed by atoms with Gasteiger partial charge in [0.1, 0.15) is 24.3 Å². The van der Waals surface area contributed by atoms with Crippen LogP contribution in [-0.2, 0) is 4.79 Å². The molecule has 2 heterocycles. The molecule has 1 aliphatic rings. The number of amides is 1. The second kappa shape index (κ2) is 5.64. The maximum absolute atomic E-state index is 12.1. The molecule has 1 unspecified atom stereocenters. The van der Waals surface area contributed by atoms with Gasteiger partial charge in [-0.05, 0) is 19.3 Å². The lowest BCUT2D eigenvalue weighted by molar-refractivity contribution is -0.120. The van der Waals surface area contributed by atoms with Gasteiger partial charge >= 0.3 is 0 Å². The first-order chi connectivity index (χ1) is 9.83. The predicted molar refractivity (Wildman–Crippen MR) is 74.3 cm³/mol.